The van der Waals surface area contributed by atoms with Crippen molar-refractivity contribution in [2.24, 2.45) is 0 Å². The molecule has 0 saturated carbocycles. The molecule has 5 nitrogen and oxygen atoms in total. The SMILES string of the molecule is CCc1coc(C(=O)Oc2ccc(C)c(OC)c2)n1. The Morgan fingerprint density at radius 3 is 2.84 bits per heavy atom. The maximum atomic E-state index is 11.8. The second kappa shape index (κ2) is 5.56. The highest BCUT2D eigenvalue weighted by atomic mass is 16.5. The number of nitrogens with zero attached hydrogens (tertiary/aromatic N) is 1. The van der Waals surface area contributed by atoms with Gasteiger partial charge in [-0.1, -0.05) is 13.0 Å². The van der Waals surface area contributed by atoms with E-state index in [0.29, 0.717) is 23.6 Å². The number of carbonyl (C=O) groups is 1. The highest BCUT2D eigenvalue weighted by Crippen LogP contribution is 2.24. The van der Waals surface area contributed by atoms with Gasteiger partial charge in [-0.2, -0.15) is 0 Å². The van der Waals surface area contributed by atoms with Crippen LogP contribution in [-0.4, -0.2) is 18.1 Å². The van der Waals surface area contributed by atoms with Crippen molar-refractivity contribution >= 4 is 5.97 Å². The Morgan fingerprint density at radius 1 is 1.42 bits per heavy atom. The van der Waals surface area contributed by atoms with Gasteiger partial charge in [0.25, 0.3) is 0 Å². The minimum Gasteiger partial charge on any atom is -0.496 e. The van der Waals surface area contributed by atoms with Gasteiger partial charge in [0.15, 0.2) is 0 Å². The molecular weight excluding hydrogens is 246 g/mol. The average Bonchev–Trinajstić information content (AvgIpc) is 2.90. The molecule has 1 aromatic heterocycles. The molecule has 1 heterocycles. The minimum atomic E-state index is -0.620. The first-order valence-electron chi connectivity index (χ1n) is 5.95. The van der Waals surface area contributed by atoms with Crippen LogP contribution in [0.3, 0.4) is 0 Å². The maximum Gasteiger partial charge on any atom is 0.400 e. The van der Waals surface area contributed by atoms with Crippen LogP contribution in [0.5, 0.6) is 11.5 Å². The highest BCUT2D eigenvalue weighted by molar-refractivity contribution is 5.86. The standard InChI is InChI=1S/C14H15NO4/c1-4-10-8-18-13(15-10)14(16)19-11-6-5-9(2)12(7-11)17-3/h5-8H,4H2,1-3H3. The average molecular weight is 261 g/mol. The molecule has 100 valence electrons. The van der Waals surface area contributed by atoms with Gasteiger partial charge in [0, 0.05) is 6.07 Å². The Labute approximate surface area is 111 Å². The lowest BCUT2D eigenvalue weighted by atomic mass is 10.2. The molecule has 0 bridgehead atoms. The Balaban J connectivity index is 2.14. The Hall–Kier alpha value is -2.30. The Morgan fingerprint density at radius 2 is 2.21 bits per heavy atom. The van der Waals surface area contributed by atoms with E-state index in [1.807, 2.05) is 19.9 Å². The zero-order valence-electron chi connectivity index (χ0n) is 11.1. The number of hydrogen-bond donors (Lipinski definition) is 0. The normalized spacial score (nSPS) is 10.3. The van der Waals surface area contributed by atoms with Crippen LogP contribution in [-0.2, 0) is 6.42 Å². The van der Waals surface area contributed by atoms with Crippen LogP contribution in [0.25, 0.3) is 0 Å². The number of aryl methyl sites for hydroxylation is 2. The van der Waals surface area contributed by atoms with Gasteiger partial charge in [0.05, 0.1) is 12.8 Å². The van der Waals surface area contributed by atoms with Crippen molar-refractivity contribution in [1.29, 1.82) is 0 Å². The van der Waals surface area contributed by atoms with E-state index >= 15 is 0 Å². The quantitative estimate of drug-likeness (QED) is 0.625. The summed E-state index contributed by atoms with van der Waals surface area (Å²) in [7, 11) is 1.57. The molecule has 0 radical (unpaired) electrons. The first-order valence-corrected chi connectivity index (χ1v) is 5.95. The van der Waals surface area contributed by atoms with E-state index in [2.05, 4.69) is 4.98 Å². The van der Waals surface area contributed by atoms with Crippen LogP contribution in [0.2, 0.25) is 0 Å². The lowest BCUT2D eigenvalue weighted by Gasteiger charge is -2.07. The molecule has 0 spiro atoms. The zero-order valence-corrected chi connectivity index (χ0v) is 11.1. The highest BCUT2D eigenvalue weighted by Gasteiger charge is 2.16. The fraction of sp³-hybridized carbons (Fsp3) is 0.286. The number of hydrogen-bond acceptors (Lipinski definition) is 5. The molecule has 0 atom stereocenters. The third-order valence-electron chi connectivity index (χ3n) is 2.68. The van der Waals surface area contributed by atoms with Crippen molar-refractivity contribution in [1.82, 2.24) is 4.98 Å². The second-order valence-corrected chi connectivity index (χ2v) is 4.02. The van der Waals surface area contributed by atoms with Crippen LogP contribution in [0.1, 0.15) is 28.9 Å². The van der Waals surface area contributed by atoms with Crippen molar-refractivity contribution < 1.29 is 18.7 Å². The summed E-state index contributed by atoms with van der Waals surface area (Å²) in [5.41, 5.74) is 1.68. The van der Waals surface area contributed by atoms with Crippen molar-refractivity contribution in [3.05, 3.63) is 41.6 Å². The van der Waals surface area contributed by atoms with Gasteiger partial charge in [-0.15, -0.1) is 0 Å². The summed E-state index contributed by atoms with van der Waals surface area (Å²) in [5.74, 6) is 0.387. The van der Waals surface area contributed by atoms with Crippen LogP contribution < -0.4 is 9.47 Å². The van der Waals surface area contributed by atoms with Crippen LogP contribution in [0.4, 0.5) is 0 Å². The molecule has 0 fully saturated rings. The fourth-order valence-electron chi connectivity index (χ4n) is 1.58. The van der Waals surface area contributed by atoms with Crippen molar-refractivity contribution in [3.63, 3.8) is 0 Å². The lowest BCUT2D eigenvalue weighted by Crippen LogP contribution is -2.09. The summed E-state index contributed by atoms with van der Waals surface area (Å²) in [6, 6.07) is 5.16. The van der Waals surface area contributed by atoms with Gasteiger partial charge >= 0.3 is 11.9 Å². The third kappa shape index (κ3) is 2.93. The number of benzene rings is 1. The van der Waals surface area contributed by atoms with E-state index in [9.17, 15) is 4.79 Å². The number of esters is 1. The zero-order chi connectivity index (χ0) is 13.8. The molecule has 5 heteroatoms. The summed E-state index contributed by atoms with van der Waals surface area (Å²) in [4.78, 5) is 15.8. The Kier molecular flexibility index (Phi) is 3.85. The number of oxazole rings is 1. The van der Waals surface area contributed by atoms with Gasteiger partial charge in [-0.05, 0) is 25.0 Å². The van der Waals surface area contributed by atoms with Gasteiger partial charge in [-0.25, -0.2) is 9.78 Å². The van der Waals surface area contributed by atoms with E-state index in [-0.39, 0.29) is 5.89 Å². The van der Waals surface area contributed by atoms with Crippen molar-refractivity contribution in [2.45, 2.75) is 20.3 Å². The number of methoxy groups -OCH3 is 1. The summed E-state index contributed by atoms with van der Waals surface area (Å²) >= 11 is 0. The number of ether oxygens (including phenoxy) is 2. The minimum absolute atomic E-state index is 0.0450. The molecule has 0 N–H and O–H groups in total. The van der Waals surface area contributed by atoms with Crippen LogP contribution in [0, 0.1) is 6.92 Å². The predicted molar refractivity (Wildman–Crippen MR) is 68.6 cm³/mol. The molecule has 0 amide bonds. The Bertz CT molecular complexity index is 589. The summed E-state index contributed by atoms with van der Waals surface area (Å²) in [5, 5.41) is 0. The maximum absolute atomic E-state index is 11.8. The summed E-state index contributed by atoms with van der Waals surface area (Å²) in [6.07, 6.45) is 2.15. The van der Waals surface area contributed by atoms with Crippen molar-refractivity contribution in [2.75, 3.05) is 7.11 Å². The number of rotatable bonds is 4. The largest absolute Gasteiger partial charge is 0.496 e. The van der Waals surface area contributed by atoms with Crippen LogP contribution >= 0.6 is 0 Å². The monoisotopic (exact) mass is 261 g/mol. The second-order valence-electron chi connectivity index (χ2n) is 4.02. The molecular formula is C14H15NO4. The first-order chi connectivity index (χ1) is 9.13. The summed E-state index contributed by atoms with van der Waals surface area (Å²) < 4.78 is 15.4. The predicted octanol–water partition coefficient (Wildman–Crippen LogP) is 2.77. The smallest absolute Gasteiger partial charge is 0.400 e. The molecule has 2 aromatic rings. The molecule has 2 rings (SSSR count). The van der Waals surface area contributed by atoms with Gasteiger partial charge in [-0.3, -0.25) is 0 Å². The molecule has 0 unspecified atom stereocenters. The van der Waals surface area contributed by atoms with E-state index < -0.39 is 5.97 Å². The molecule has 19 heavy (non-hydrogen) atoms. The van der Waals surface area contributed by atoms with E-state index in [1.54, 1.807) is 19.2 Å². The molecule has 0 aliphatic rings. The number of carbonyl (C=O) groups excluding carboxylic acids is 1. The molecule has 1 aromatic carbocycles. The van der Waals surface area contributed by atoms with Gasteiger partial charge < -0.3 is 13.9 Å². The van der Waals surface area contributed by atoms with Gasteiger partial charge in [0.1, 0.15) is 17.8 Å². The van der Waals surface area contributed by atoms with Crippen molar-refractivity contribution in [3.8, 4) is 11.5 Å². The van der Waals surface area contributed by atoms with E-state index in [4.69, 9.17) is 13.9 Å². The lowest BCUT2D eigenvalue weighted by molar-refractivity contribution is 0.0692. The molecule has 0 aliphatic heterocycles. The van der Waals surface area contributed by atoms with Crippen LogP contribution in [0.15, 0.2) is 28.9 Å². The molecule has 0 saturated heterocycles. The van der Waals surface area contributed by atoms with Gasteiger partial charge in [0.2, 0.25) is 0 Å². The fourth-order valence-corrected chi connectivity index (χ4v) is 1.58. The molecule has 0 aliphatic carbocycles. The third-order valence-corrected chi connectivity index (χ3v) is 2.68. The topological polar surface area (TPSA) is 61.6 Å². The number of aromatic nitrogens is 1. The van der Waals surface area contributed by atoms with E-state index in [1.165, 1.54) is 6.26 Å². The summed E-state index contributed by atoms with van der Waals surface area (Å²) in [6.45, 7) is 3.84. The van der Waals surface area contributed by atoms with E-state index in [0.717, 1.165) is 5.56 Å². The first kappa shape index (κ1) is 13.1.